The van der Waals surface area contributed by atoms with Crippen molar-refractivity contribution in [2.45, 2.75) is 39.0 Å². The van der Waals surface area contributed by atoms with E-state index in [1.807, 2.05) is 60.7 Å². The number of carbonyl (C=O) groups excluding carboxylic acids is 1. The number of benzene rings is 2. The number of nitrogens with one attached hydrogen (secondary N) is 3. The van der Waals surface area contributed by atoms with Crippen LogP contribution in [0.15, 0.2) is 66.9 Å². The number of hydrogen-bond donors (Lipinski definition) is 3. The second-order valence-electron chi connectivity index (χ2n) is 10.1. The van der Waals surface area contributed by atoms with Crippen LogP contribution in [0.5, 0.6) is 11.5 Å². The van der Waals surface area contributed by atoms with Gasteiger partial charge in [-0.1, -0.05) is 31.0 Å². The maximum Gasteiger partial charge on any atom is 0.319 e. The summed E-state index contributed by atoms with van der Waals surface area (Å²) in [5.74, 6) is 1.47. The van der Waals surface area contributed by atoms with E-state index in [0.717, 1.165) is 37.5 Å². The fraction of sp³-hybridized carbons (Fsp3) is 0.323. The second kappa shape index (κ2) is 13.0. The first kappa shape index (κ1) is 27.0. The number of rotatable bonds is 9. The number of carbonyl (C=O) groups is 1. The highest BCUT2D eigenvalue weighted by molar-refractivity contribution is 5.92. The number of hydrogen-bond acceptors (Lipinski definition) is 6. The Balaban J connectivity index is 1.24. The number of aryl methyl sites for hydroxylation is 1. The van der Waals surface area contributed by atoms with E-state index in [0.29, 0.717) is 40.4 Å². The number of fused-ring (bicyclic) bond motifs is 1. The molecule has 2 aromatic carbocycles. The Morgan fingerprint density at radius 3 is 2.45 bits per heavy atom. The van der Waals surface area contributed by atoms with Crippen LogP contribution in [-0.2, 0) is 0 Å². The number of likely N-dealkylation sites (tertiary alicyclic amines) is 1. The number of ether oxygens (including phenoxy) is 1. The molecule has 0 unspecified atom stereocenters. The van der Waals surface area contributed by atoms with Crippen molar-refractivity contribution >= 4 is 28.6 Å². The third kappa shape index (κ3) is 6.90. The molecule has 2 aromatic heterocycles. The lowest BCUT2D eigenvalue weighted by Gasteiger charge is -2.19. The van der Waals surface area contributed by atoms with E-state index < -0.39 is 0 Å². The van der Waals surface area contributed by atoms with Crippen LogP contribution in [0.25, 0.3) is 5.52 Å². The van der Waals surface area contributed by atoms with Crippen LogP contribution in [-0.4, -0.2) is 46.7 Å². The molecule has 0 bridgehead atoms. The van der Waals surface area contributed by atoms with Crippen LogP contribution in [0.4, 0.5) is 21.9 Å². The van der Waals surface area contributed by atoms with Gasteiger partial charge in [-0.2, -0.15) is 10.4 Å². The SMILES string of the molecule is Cc1nn2cc(NC(=O)NCCCN3CCCCCC3)cc2c(Nc2ccc(Oc3ccccc3)cc2)c1C#N. The zero-order valence-electron chi connectivity index (χ0n) is 22.8. The van der Waals surface area contributed by atoms with E-state index in [1.54, 1.807) is 17.6 Å². The topological polar surface area (TPSA) is 107 Å². The smallest absolute Gasteiger partial charge is 0.319 e. The van der Waals surface area contributed by atoms with Crippen LogP contribution >= 0.6 is 0 Å². The van der Waals surface area contributed by atoms with E-state index in [2.05, 4.69) is 32.0 Å². The molecule has 5 rings (SSSR count). The number of urea groups is 1. The fourth-order valence-corrected chi connectivity index (χ4v) is 4.99. The molecule has 2 amide bonds. The maximum absolute atomic E-state index is 12.6. The van der Waals surface area contributed by atoms with Crippen molar-refractivity contribution in [3.05, 3.63) is 78.1 Å². The lowest BCUT2D eigenvalue weighted by atomic mass is 10.1. The average Bonchev–Trinajstić information content (AvgIpc) is 3.17. The Morgan fingerprint density at radius 2 is 1.73 bits per heavy atom. The quantitative estimate of drug-likeness (QED) is 0.212. The molecule has 40 heavy (non-hydrogen) atoms. The molecule has 9 nitrogen and oxygen atoms in total. The van der Waals surface area contributed by atoms with E-state index in [4.69, 9.17) is 4.74 Å². The summed E-state index contributed by atoms with van der Waals surface area (Å²) in [6, 6.07) is 21.0. The van der Waals surface area contributed by atoms with E-state index >= 15 is 0 Å². The Kier molecular flexibility index (Phi) is 8.79. The number of amides is 2. The summed E-state index contributed by atoms with van der Waals surface area (Å²) in [5.41, 5.74) is 3.73. The van der Waals surface area contributed by atoms with Crippen molar-refractivity contribution in [1.82, 2.24) is 19.8 Å². The number of anilines is 3. The largest absolute Gasteiger partial charge is 0.457 e. The van der Waals surface area contributed by atoms with E-state index in [9.17, 15) is 10.1 Å². The number of para-hydroxylation sites is 1. The van der Waals surface area contributed by atoms with Gasteiger partial charge in [-0.05, 0) is 88.3 Å². The van der Waals surface area contributed by atoms with Gasteiger partial charge in [0.1, 0.15) is 23.1 Å². The average molecular weight is 538 g/mol. The van der Waals surface area contributed by atoms with Crippen LogP contribution in [0.2, 0.25) is 0 Å². The lowest BCUT2D eigenvalue weighted by Crippen LogP contribution is -2.32. The number of nitriles is 1. The van der Waals surface area contributed by atoms with Gasteiger partial charge in [0.25, 0.3) is 0 Å². The molecule has 9 heteroatoms. The van der Waals surface area contributed by atoms with Crippen molar-refractivity contribution in [3.8, 4) is 17.6 Å². The summed E-state index contributed by atoms with van der Waals surface area (Å²) in [7, 11) is 0. The molecule has 1 aliphatic rings. The van der Waals surface area contributed by atoms with Gasteiger partial charge in [0.15, 0.2) is 0 Å². The molecule has 0 radical (unpaired) electrons. The van der Waals surface area contributed by atoms with Gasteiger partial charge < -0.3 is 25.6 Å². The lowest BCUT2D eigenvalue weighted by molar-refractivity contribution is 0.249. The third-order valence-corrected chi connectivity index (χ3v) is 7.03. The van der Waals surface area contributed by atoms with Crippen molar-refractivity contribution in [2.24, 2.45) is 0 Å². The van der Waals surface area contributed by atoms with Crippen molar-refractivity contribution < 1.29 is 9.53 Å². The normalized spacial score (nSPS) is 13.8. The first-order valence-corrected chi connectivity index (χ1v) is 13.9. The Morgan fingerprint density at radius 1 is 1.00 bits per heavy atom. The highest BCUT2D eigenvalue weighted by Crippen LogP contribution is 2.31. The predicted octanol–water partition coefficient (Wildman–Crippen LogP) is 6.44. The van der Waals surface area contributed by atoms with Gasteiger partial charge in [-0.25, -0.2) is 9.31 Å². The number of aromatic nitrogens is 2. The van der Waals surface area contributed by atoms with Gasteiger partial charge in [-0.15, -0.1) is 0 Å². The molecule has 0 aliphatic carbocycles. The van der Waals surface area contributed by atoms with Crippen molar-refractivity contribution in [2.75, 3.05) is 36.8 Å². The molecule has 0 spiro atoms. The summed E-state index contributed by atoms with van der Waals surface area (Å²) >= 11 is 0. The molecule has 1 aliphatic heterocycles. The van der Waals surface area contributed by atoms with E-state index in [-0.39, 0.29) is 6.03 Å². The highest BCUT2D eigenvalue weighted by atomic mass is 16.5. The van der Waals surface area contributed by atoms with Gasteiger partial charge in [-0.3, -0.25) is 0 Å². The minimum atomic E-state index is -0.257. The van der Waals surface area contributed by atoms with Gasteiger partial charge in [0, 0.05) is 12.2 Å². The molecular weight excluding hydrogens is 502 g/mol. The predicted molar refractivity (Wildman–Crippen MR) is 157 cm³/mol. The first-order chi connectivity index (χ1) is 19.6. The zero-order chi connectivity index (χ0) is 27.7. The van der Waals surface area contributed by atoms with E-state index in [1.165, 1.54) is 25.7 Å². The molecule has 3 N–H and O–H groups in total. The zero-order valence-corrected chi connectivity index (χ0v) is 22.8. The molecule has 4 aromatic rings. The third-order valence-electron chi connectivity index (χ3n) is 7.03. The van der Waals surface area contributed by atoms with Gasteiger partial charge in [0.05, 0.1) is 28.8 Å². The minimum absolute atomic E-state index is 0.257. The maximum atomic E-state index is 12.6. The van der Waals surface area contributed by atoms with Crippen LogP contribution in [0.1, 0.15) is 43.4 Å². The van der Waals surface area contributed by atoms with Gasteiger partial charge >= 0.3 is 6.03 Å². The summed E-state index contributed by atoms with van der Waals surface area (Å²) in [6.45, 7) is 5.72. The van der Waals surface area contributed by atoms with Crippen LogP contribution < -0.4 is 20.7 Å². The summed E-state index contributed by atoms with van der Waals surface area (Å²) in [6.07, 6.45) is 7.84. The molecule has 1 saturated heterocycles. The minimum Gasteiger partial charge on any atom is -0.457 e. The molecule has 0 saturated carbocycles. The Hall–Kier alpha value is -4.55. The Bertz CT molecular complexity index is 1470. The molecule has 0 atom stereocenters. The van der Waals surface area contributed by atoms with Gasteiger partial charge in [0.2, 0.25) is 0 Å². The highest BCUT2D eigenvalue weighted by Gasteiger charge is 2.16. The molecular formula is C31H35N7O2. The monoisotopic (exact) mass is 537 g/mol. The van der Waals surface area contributed by atoms with Crippen LogP contribution in [0.3, 0.4) is 0 Å². The van der Waals surface area contributed by atoms with Crippen molar-refractivity contribution in [1.29, 1.82) is 5.26 Å². The summed E-state index contributed by atoms with van der Waals surface area (Å²) in [5, 5.41) is 23.6. The van der Waals surface area contributed by atoms with Crippen LogP contribution in [0, 0.1) is 18.3 Å². The van der Waals surface area contributed by atoms with Crippen molar-refractivity contribution in [3.63, 3.8) is 0 Å². The standard InChI is InChI=1S/C31H35N7O2/c1-23-28(21-32)30(34-24-12-14-27(15-13-24)40-26-10-5-4-6-11-26)29-20-25(22-38(29)36-23)35-31(39)33-16-9-19-37-17-7-2-3-8-18-37/h4-6,10-15,20,22,34H,2-3,7-9,16-19H2,1H3,(H2,33,35,39). The fourth-order valence-electron chi connectivity index (χ4n) is 4.99. The summed E-state index contributed by atoms with van der Waals surface area (Å²) in [4.78, 5) is 15.1. The first-order valence-electron chi connectivity index (χ1n) is 13.9. The number of nitrogens with zero attached hydrogens (tertiary/aromatic N) is 4. The Labute approximate surface area is 234 Å². The second-order valence-corrected chi connectivity index (χ2v) is 10.1. The molecule has 1 fully saturated rings. The summed E-state index contributed by atoms with van der Waals surface area (Å²) < 4.78 is 7.57. The molecule has 206 valence electrons. The molecule has 3 heterocycles.